The van der Waals surface area contributed by atoms with Crippen molar-refractivity contribution >= 4 is 12.1 Å². The highest BCUT2D eigenvalue weighted by atomic mass is 19.1. The molecule has 16 heavy (non-hydrogen) atoms. The maximum atomic E-state index is 14.0. The average Bonchev–Trinajstić information content (AvgIpc) is 2.30. The van der Waals surface area contributed by atoms with Crippen molar-refractivity contribution in [1.82, 2.24) is 5.32 Å². The Labute approximate surface area is 92.7 Å². The van der Waals surface area contributed by atoms with Gasteiger partial charge in [0, 0.05) is 11.8 Å². The number of rotatable bonds is 3. The summed E-state index contributed by atoms with van der Waals surface area (Å²) in [4.78, 5) is 15.4. The van der Waals surface area contributed by atoms with Crippen LogP contribution in [0.1, 0.15) is 16.8 Å². The number of alkyl halides is 1. The van der Waals surface area contributed by atoms with E-state index in [1.165, 1.54) is 18.6 Å². The summed E-state index contributed by atoms with van der Waals surface area (Å²) in [5, 5.41) is 2.43. The summed E-state index contributed by atoms with van der Waals surface area (Å²) in [6.07, 6.45) is 3.60. The van der Waals surface area contributed by atoms with Gasteiger partial charge in [-0.05, 0) is 6.08 Å². The van der Waals surface area contributed by atoms with Gasteiger partial charge in [-0.2, -0.15) is 0 Å². The highest BCUT2D eigenvalue weighted by Crippen LogP contribution is 2.19. The Balaban J connectivity index is 2.08. The Morgan fingerprint density at radius 2 is 2.12 bits per heavy atom. The molecule has 0 fully saturated rings. The Hall–Kier alpha value is -1.97. The third-order valence-electron chi connectivity index (χ3n) is 2.32. The molecule has 1 aromatic rings. The van der Waals surface area contributed by atoms with E-state index >= 15 is 0 Å². The molecule has 1 aromatic carbocycles. The maximum Gasteiger partial charge on any atom is 0.209 e. The minimum atomic E-state index is -1.82. The summed E-state index contributed by atoms with van der Waals surface area (Å²) >= 11 is 0. The number of hydrogen-bond donors (Lipinski definition) is 1. The van der Waals surface area contributed by atoms with Crippen molar-refractivity contribution in [3.63, 3.8) is 0 Å². The third kappa shape index (κ3) is 2.34. The molecule has 0 aromatic heterocycles. The lowest BCUT2D eigenvalue weighted by atomic mass is 10.0. The van der Waals surface area contributed by atoms with Crippen LogP contribution in [0.2, 0.25) is 0 Å². The monoisotopic (exact) mass is 218 g/mol. The molecular weight excluding hydrogens is 207 g/mol. The van der Waals surface area contributed by atoms with Crippen LogP contribution in [0.5, 0.6) is 0 Å². The topological polar surface area (TPSA) is 41.5 Å². The fourth-order valence-corrected chi connectivity index (χ4v) is 1.47. The molecule has 82 valence electrons. The third-order valence-corrected chi connectivity index (χ3v) is 2.32. The molecule has 1 N–H and O–H groups in total. The van der Waals surface area contributed by atoms with E-state index in [1.807, 2.05) is 6.07 Å². The molecule has 3 nitrogen and oxygen atoms in total. The molecule has 2 rings (SSSR count). The number of nitrogens with one attached hydrogen (secondary N) is 1. The van der Waals surface area contributed by atoms with Gasteiger partial charge in [-0.25, -0.2) is 9.38 Å². The number of aliphatic imine (C=N–C) groups is 1. The van der Waals surface area contributed by atoms with Gasteiger partial charge in [0.15, 0.2) is 5.78 Å². The van der Waals surface area contributed by atoms with Crippen LogP contribution in [0, 0.1) is 0 Å². The number of ketones is 1. The van der Waals surface area contributed by atoms with E-state index < -0.39 is 5.79 Å². The lowest BCUT2D eigenvalue weighted by molar-refractivity contribution is 0.0886. The number of nitrogens with zero attached hydrogens (tertiary/aromatic N) is 1. The standard InChI is InChI=1S/C12H11FN2O/c13-12(6-7-14-9-15-12)8-11(16)10-4-2-1-3-5-10/h1-7,9H,8H2,(H,14,15). The molecule has 1 unspecified atom stereocenters. The zero-order valence-corrected chi connectivity index (χ0v) is 8.56. The molecule has 0 aliphatic carbocycles. The molecule has 1 aliphatic rings. The number of Topliss-reactive ketones (excluding diaryl/α,β-unsaturated/α-hetero) is 1. The second kappa shape index (κ2) is 4.26. The predicted octanol–water partition coefficient (Wildman–Crippen LogP) is 2.07. The van der Waals surface area contributed by atoms with Crippen LogP contribution < -0.4 is 5.32 Å². The van der Waals surface area contributed by atoms with Crippen LogP contribution in [0.4, 0.5) is 4.39 Å². The summed E-state index contributed by atoms with van der Waals surface area (Å²) in [6.45, 7) is 0. The first kappa shape index (κ1) is 10.5. The van der Waals surface area contributed by atoms with Crippen LogP contribution in [-0.4, -0.2) is 17.9 Å². The summed E-state index contributed by atoms with van der Waals surface area (Å²) in [6, 6.07) is 8.67. The van der Waals surface area contributed by atoms with Crippen molar-refractivity contribution in [3.05, 3.63) is 48.2 Å². The van der Waals surface area contributed by atoms with Gasteiger partial charge in [0.05, 0.1) is 12.8 Å². The van der Waals surface area contributed by atoms with Crippen LogP contribution in [-0.2, 0) is 0 Å². The van der Waals surface area contributed by atoms with E-state index in [4.69, 9.17) is 0 Å². The molecule has 0 spiro atoms. The molecular formula is C12H11FN2O. The number of halogens is 1. The highest BCUT2D eigenvalue weighted by molar-refractivity contribution is 5.97. The van der Waals surface area contributed by atoms with Gasteiger partial charge in [-0.15, -0.1) is 0 Å². The summed E-state index contributed by atoms with van der Waals surface area (Å²) in [5.74, 6) is -2.06. The lowest BCUT2D eigenvalue weighted by Gasteiger charge is -2.22. The van der Waals surface area contributed by atoms with Crippen molar-refractivity contribution in [2.24, 2.45) is 4.99 Å². The fourth-order valence-electron chi connectivity index (χ4n) is 1.47. The van der Waals surface area contributed by atoms with Gasteiger partial charge in [0.2, 0.25) is 5.79 Å². The largest absolute Gasteiger partial charge is 0.341 e. The zero-order valence-electron chi connectivity index (χ0n) is 8.56. The van der Waals surface area contributed by atoms with E-state index in [0.717, 1.165) is 0 Å². The van der Waals surface area contributed by atoms with E-state index in [9.17, 15) is 9.18 Å². The normalized spacial score (nSPS) is 22.8. The van der Waals surface area contributed by atoms with Gasteiger partial charge in [0.25, 0.3) is 0 Å². The van der Waals surface area contributed by atoms with Gasteiger partial charge < -0.3 is 5.32 Å². The van der Waals surface area contributed by atoms with Crippen molar-refractivity contribution in [3.8, 4) is 0 Å². The van der Waals surface area contributed by atoms with Crippen molar-refractivity contribution < 1.29 is 9.18 Å². The van der Waals surface area contributed by atoms with E-state index in [-0.39, 0.29) is 12.2 Å². The fraction of sp³-hybridized carbons (Fsp3) is 0.167. The number of hydrogen-bond acceptors (Lipinski definition) is 3. The van der Waals surface area contributed by atoms with E-state index in [2.05, 4.69) is 10.3 Å². The molecule has 4 heteroatoms. The second-order valence-electron chi connectivity index (χ2n) is 3.57. The quantitative estimate of drug-likeness (QED) is 0.623. The van der Waals surface area contributed by atoms with Gasteiger partial charge in [-0.1, -0.05) is 30.3 Å². The molecule has 0 bridgehead atoms. The first-order valence-corrected chi connectivity index (χ1v) is 4.94. The van der Waals surface area contributed by atoms with Gasteiger partial charge in [0.1, 0.15) is 0 Å². The number of carbonyl (C=O) groups excluding carboxylic acids is 1. The predicted molar refractivity (Wildman–Crippen MR) is 60.0 cm³/mol. The van der Waals surface area contributed by atoms with E-state index in [1.54, 1.807) is 24.3 Å². The van der Waals surface area contributed by atoms with E-state index in [0.29, 0.717) is 5.56 Å². The Kier molecular flexibility index (Phi) is 2.81. The molecule has 0 saturated heterocycles. The Morgan fingerprint density at radius 1 is 1.38 bits per heavy atom. The molecule has 1 aliphatic heterocycles. The molecule has 0 radical (unpaired) electrons. The lowest BCUT2D eigenvalue weighted by Crippen LogP contribution is -2.41. The molecule has 1 heterocycles. The number of carbonyl (C=O) groups is 1. The second-order valence-corrected chi connectivity index (χ2v) is 3.57. The van der Waals surface area contributed by atoms with Crippen LogP contribution in [0.25, 0.3) is 0 Å². The average molecular weight is 218 g/mol. The van der Waals surface area contributed by atoms with Crippen molar-refractivity contribution in [2.75, 3.05) is 0 Å². The summed E-state index contributed by atoms with van der Waals surface area (Å²) < 4.78 is 14.0. The Morgan fingerprint density at radius 3 is 2.75 bits per heavy atom. The minimum Gasteiger partial charge on any atom is -0.341 e. The van der Waals surface area contributed by atoms with Crippen LogP contribution >= 0.6 is 0 Å². The first-order chi connectivity index (χ1) is 7.70. The van der Waals surface area contributed by atoms with Crippen LogP contribution in [0.3, 0.4) is 0 Å². The highest BCUT2D eigenvalue weighted by Gasteiger charge is 2.30. The number of benzene rings is 1. The molecule has 0 amide bonds. The van der Waals surface area contributed by atoms with Gasteiger partial charge in [-0.3, -0.25) is 4.79 Å². The first-order valence-electron chi connectivity index (χ1n) is 4.94. The zero-order chi connectivity index (χ0) is 11.4. The van der Waals surface area contributed by atoms with Gasteiger partial charge >= 0.3 is 0 Å². The smallest absolute Gasteiger partial charge is 0.209 e. The molecule has 0 saturated carbocycles. The van der Waals surface area contributed by atoms with Crippen molar-refractivity contribution in [2.45, 2.75) is 12.2 Å². The SMILES string of the molecule is O=C(CC1(F)C=CN=CN1)c1ccccc1. The molecule has 1 atom stereocenters. The van der Waals surface area contributed by atoms with Crippen molar-refractivity contribution in [1.29, 1.82) is 0 Å². The summed E-state index contributed by atoms with van der Waals surface area (Å²) in [7, 11) is 0. The van der Waals surface area contributed by atoms with Crippen LogP contribution in [0.15, 0.2) is 47.6 Å². The maximum absolute atomic E-state index is 14.0. The Bertz CT molecular complexity index is 442. The minimum absolute atomic E-state index is 0.237. The summed E-state index contributed by atoms with van der Waals surface area (Å²) in [5.41, 5.74) is 0.511.